The Morgan fingerprint density at radius 1 is 1.31 bits per heavy atom. The summed E-state index contributed by atoms with van der Waals surface area (Å²) < 4.78 is 2.61. The minimum absolute atomic E-state index is 0.0731. The first-order valence-corrected chi connectivity index (χ1v) is 11.0. The van der Waals surface area contributed by atoms with Crippen LogP contribution in [0.4, 0.5) is 0 Å². The number of aromatic nitrogens is 3. The van der Waals surface area contributed by atoms with Crippen LogP contribution in [0, 0.1) is 0 Å². The van der Waals surface area contributed by atoms with Crippen molar-refractivity contribution in [1.82, 2.24) is 30.1 Å². The van der Waals surface area contributed by atoms with Gasteiger partial charge in [-0.3, -0.25) is 14.4 Å². The van der Waals surface area contributed by atoms with E-state index in [9.17, 15) is 14.4 Å². The highest BCUT2D eigenvalue weighted by Crippen LogP contribution is 2.25. The number of rotatable bonds is 8. The zero-order valence-corrected chi connectivity index (χ0v) is 18.9. The van der Waals surface area contributed by atoms with Gasteiger partial charge in [0.15, 0.2) is 0 Å². The topological polar surface area (TPSA) is 112 Å². The average molecular weight is 499 g/mol. The van der Waals surface area contributed by atoms with Crippen LogP contribution in [0.25, 0.3) is 10.9 Å². The molecule has 1 aliphatic rings. The number of likely N-dealkylation sites (tertiary alicyclic amines) is 1. The SMILES string of the molecule is C=CC(=O)N1CC(NC(=O)Cn2cc(C(=O)NCCc3ncc[nH]3)c3cc(Br)ccc32)C1. The second-order valence-corrected chi connectivity index (χ2v) is 8.50. The van der Waals surface area contributed by atoms with E-state index in [0.717, 1.165) is 21.2 Å². The Hall–Kier alpha value is -3.40. The molecule has 0 saturated carbocycles. The highest BCUT2D eigenvalue weighted by molar-refractivity contribution is 9.10. The van der Waals surface area contributed by atoms with Gasteiger partial charge in [0.05, 0.1) is 11.6 Å². The van der Waals surface area contributed by atoms with E-state index < -0.39 is 0 Å². The number of nitrogens with zero attached hydrogens (tertiary/aromatic N) is 3. The van der Waals surface area contributed by atoms with Crippen LogP contribution in [-0.4, -0.2) is 62.8 Å². The van der Waals surface area contributed by atoms with Crippen LogP contribution in [0.3, 0.4) is 0 Å². The van der Waals surface area contributed by atoms with E-state index in [1.54, 1.807) is 28.1 Å². The predicted octanol–water partition coefficient (Wildman–Crippen LogP) is 1.61. The maximum absolute atomic E-state index is 12.8. The predicted molar refractivity (Wildman–Crippen MR) is 123 cm³/mol. The van der Waals surface area contributed by atoms with Gasteiger partial charge in [-0.2, -0.15) is 0 Å². The summed E-state index contributed by atoms with van der Waals surface area (Å²) >= 11 is 3.46. The van der Waals surface area contributed by atoms with E-state index >= 15 is 0 Å². The lowest BCUT2D eigenvalue weighted by Gasteiger charge is -2.38. The molecule has 4 rings (SSSR count). The highest BCUT2D eigenvalue weighted by Gasteiger charge is 2.30. The molecule has 0 radical (unpaired) electrons. The van der Waals surface area contributed by atoms with Crippen molar-refractivity contribution in [1.29, 1.82) is 0 Å². The maximum Gasteiger partial charge on any atom is 0.253 e. The van der Waals surface area contributed by atoms with E-state index in [-0.39, 0.29) is 30.3 Å². The van der Waals surface area contributed by atoms with E-state index in [4.69, 9.17) is 0 Å². The fourth-order valence-corrected chi connectivity index (χ4v) is 4.07. The molecule has 1 saturated heterocycles. The Kier molecular flexibility index (Phi) is 6.40. The number of aromatic amines is 1. The third kappa shape index (κ3) is 4.75. The van der Waals surface area contributed by atoms with Crippen LogP contribution in [-0.2, 0) is 22.6 Å². The first-order chi connectivity index (χ1) is 15.4. The van der Waals surface area contributed by atoms with E-state index in [2.05, 4.69) is 43.1 Å². The molecule has 0 aliphatic carbocycles. The van der Waals surface area contributed by atoms with Crippen LogP contribution >= 0.6 is 15.9 Å². The number of carbonyl (C=O) groups is 3. The van der Waals surface area contributed by atoms with Crippen molar-refractivity contribution in [2.45, 2.75) is 19.0 Å². The summed E-state index contributed by atoms with van der Waals surface area (Å²) in [5, 5.41) is 6.60. The van der Waals surface area contributed by atoms with Crippen LogP contribution in [0.1, 0.15) is 16.2 Å². The molecular weight excluding hydrogens is 476 g/mol. The molecule has 0 bridgehead atoms. The molecule has 0 atom stereocenters. The monoisotopic (exact) mass is 498 g/mol. The Balaban J connectivity index is 1.43. The number of benzene rings is 1. The van der Waals surface area contributed by atoms with Gasteiger partial charge in [0.25, 0.3) is 5.91 Å². The highest BCUT2D eigenvalue weighted by atomic mass is 79.9. The molecule has 9 nitrogen and oxygen atoms in total. The van der Waals surface area contributed by atoms with Crippen molar-refractivity contribution in [3.8, 4) is 0 Å². The van der Waals surface area contributed by atoms with Crippen molar-refractivity contribution < 1.29 is 14.4 Å². The smallest absolute Gasteiger partial charge is 0.253 e. The fraction of sp³-hybridized carbons (Fsp3) is 0.273. The molecule has 1 fully saturated rings. The fourth-order valence-electron chi connectivity index (χ4n) is 3.71. The number of carbonyl (C=O) groups excluding carboxylic acids is 3. The lowest BCUT2D eigenvalue weighted by molar-refractivity contribution is -0.133. The zero-order chi connectivity index (χ0) is 22.7. The summed E-state index contributed by atoms with van der Waals surface area (Å²) in [6.07, 6.45) is 6.98. The normalized spacial score (nSPS) is 13.6. The van der Waals surface area contributed by atoms with Gasteiger partial charge < -0.3 is 25.1 Å². The first kappa shape index (κ1) is 21.8. The molecule has 3 heterocycles. The third-order valence-corrected chi connectivity index (χ3v) is 5.83. The largest absolute Gasteiger partial charge is 0.352 e. The summed E-state index contributed by atoms with van der Waals surface area (Å²) in [6.45, 7) is 4.92. The Bertz CT molecular complexity index is 1160. The van der Waals surface area contributed by atoms with Crippen molar-refractivity contribution in [3.05, 3.63) is 65.3 Å². The molecular formula is C22H23BrN6O3. The quantitative estimate of drug-likeness (QED) is 0.409. The standard InChI is InChI=1S/C22H23BrN6O3/c1-2-21(31)29-10-15(11-29)27-20(30)13-28-12-17(16-9-14(23)3-4-18(16)28)22(32)26-6-5-19-24-7-8-25-19/h2-4,7-9,12,15H,1,5-6,10-11,13H2,(H,24,25)(H,26,32)(H,27,30). The molecule has 3 aromatic rings. The molecule has 1 aliphatic heterocycles. The van der Waals surface area contributed by atoms with Crippen LogP contribution in [0.2, 0.25) is 0 Å². The van der Waals surface area contributed by atoms with Gasteiger partial charge in [-0.25, -0.2) is 4.98 Å². The number of imidazole rings is 1. The second-order valence-electron chi connectivity index (χ2n) is 7.59. The summed E-state index contributed by atoms with van der Waals surface area (Å²) in [7, 11) is 0. The minimum atomic E-state index is -0.212. The molecule has 10 heteroatoms. The Labute approximate surface area is 193 Å². The number of amides is 3. The lowest BCUT2D eigenvalue weighted by Crippen LogP contribution is -2.61. The van der Waals surface area contributed by atoms with Gasteiger partial charge in [-0.15, -0.1) is 0 Å². The molecule has 166 valence electrons. The van der Waals surface area contributed by atoms with E-state index in [1.807, 2.05) is 18.2 Å². The van der Waals surface area contributed by atoms with Crippen LogP contribution in [0.5, 0.6) is 0 Å². The third-order valence-electron chi connectivity index (χ3n) is 5.34. The summed E-state index contributed by atoms with van der Waals surface area (Å²) in [5.74, 6) is 0.276. The van der Waals surface area contributed by atoms with Crippen molar-refractivity contribution in [2.24, 2.45) is 0 Å². The number of halogens is 1. The van der Waals surface area contributed by atoms with Gasteiger partial charge in [-0.05, 0) is 24.3 Å². The number of H-pyrrole nitrogens is 1. The summed E-state index contributed by atoms with van der Waals surface area (Å²) in [6, 6.07) is 5.54. The summed E-state index contributed by atoms with van der Waals surface area (Å²) in [4.78, 5) is 45.7. The number of hydrogen-bond donors (Lipinski definition) is 3. The Morgan fingerprint density at radius 3 is 2.84 bits per heavy atom. The lowest BCUT2D eigenvalue weighted by atomic mass is 10.1. The molecule has 0 unspecified atom stereocenters. The first-order valence-electron chi connectivity index (χ1n) is 10.2. The van der Waals surface area contributed by atoms with Gasteiger partial charge in [0.1, 0.15) is 12.4 Å². The molecule has 3 amide bonds. The van der Waals surface area contributed by atoms with Crippen LogP contribution < -0.4 is 10.6 Å². The maximum atomic E-state index is 12.8. The van der Waals surface area contributed by atoms with E-state index in [0.29, 0.717) is 31.6 Å². The van der Waals surface area contributed by atoms with Crippen molar-refractivity contribution in [2.75, 3.05) is 19.6 Å². The van der Waals surface area contributed by atoms with Gasteiger partial charge >= 0.3 is 0 Å². The number of hydrogen-bond acceptors (Lipinski definition) is 4. The molecule has 0 spiro atoms. The van der Waals surface area contributed by atoms with Crippen molar-refractivity contribution in [3.63, 3.8) is 0 Å². The minimum Gasteiger partial charge on any atom is -0.352 e. The molecule has 1 aromatic carbocycles. The molecule has 2 aromatic heterocycles. The second kappa shape index (κ2) is 9.39. The average Bonchev–Trinajstić information content (AvgIpc) is 3.38. The van der Waals surface area contributed by atoms with E-state index in [1.165, 1.54) is 6.08 Å². The molecule has 3 N–H and O–H groups in total. The molecule has 32 heavy (non-hydrogen) atoms. The van der Waals surface area contributed by atoms with Gasteiger partial charge in [0, 0.05) is 60.0 Å². The zero-order valence-electron chi connectivity index (χ0n) is 17.3. The number of nitrogens with one attached hydrogen (secondary N) is 3. The van der Waals surface area contributed by atoms with Gasteiger partial charge in [-0.1, -0.05) is 22.5 Å². The van der Waals surface area contributed by atoms with Crippen molar-refractivity contribution >= 4 is 44.6 Å². The van der Waals surface area contributed by atoms with Crippen LogP contribution in [0.15, 0.2) is 53.9 Å². The van der Waals surface area contributed by atoms with Gasteiger partial charge in [0.2, 0.25) is 11.8 Å². The summed E-state index contributed by atoms with van der Waals surface area (Å²) in [5.41, 5.74) is 1.29. The number of fused-ring (bicyclic) bond motifs is 1. The Morgan fingerprint density at radius 2 is 2.12 bits per heavy atom.